The van der Waals surface area contributed by atoms with E-state index in [1.807, 2.05) is 0 Å². The van der Waals surface area contributed by atoms with E-state index in [1.165, 1.54) is 31.7 Å². The second-order valence-electron chi connectivity index (χ2n) is 5.35. The Bertz CT molecular complexity index is 413. The van der Waals surface area contributed by atoms with Gasteiger partial charge < -0.3 is 10.1 Å². The second kappa shape index (κ2) is 7.25. The molecule has 2 atom stereocenters. The first-order valence-corrected chi connectivity index (χ1v) is 7.75. The molecular formula is C15H21BrFNO. The van der Waals surface area contributed by atoms with Crippen LogP contribution >= 0.6 is 15.9 Å². The zero-order valence-electron chi connectivity index (χ0n) is 11.3. The smallest absolute Gasteiger partial charge is 0.141 e. The molecule has 0 spiro atoms. The molecule has 1 aromatic carbocycles. The zero-order valence-corrected chi connectivity index (χ0v) is 12.9. The Labute approximate surface area is 122 Å². The van der Waals surface area contributed by atoms with E-state index < -0.39 is 0 Å². The molecule has 1 saturated carbocycles. The van der Waals surface area contributed by atoms with Crippen LogP contribution in [-0.2, 0) is 0 Å². The van der Waals surface area contributed by atoms with Gasteiger partial charge in [-0.25, -0.2) is 4.39 Å². The van der Waals surface area contributed by atoms with Crippen molar-refractivity contribution in [1.29, 1.82) is 0 Å². The van der Waals surface area contributed by atoms with Crippen molar-refractivity contribution in [3.05, 3.63) is 28.5 Å². The van der Waals surface area contributed by atoms with Gasteiger partial charge in [0.05, 0.1) is 4.47 Å². The lowest BCUT2D eigenvalue weighted by Crippen LogP contribution is -2.36. The summed E-state index contributed by atoms with van der Waals surface area (Å²) < 4.78 is 19.3. The average molecular weight is 330 g/mol. The van der Waals surface area contributed by atoms with E-state index in [1.54, 1.807) is 12.1 Å². The van der Waals surface area contributed by atoms with Crippen LogP contribution in [0.3, 0.4) is 0 Å². The van der Waals surface area contributed by atoms with Crippen LogP contribution < -0.4 is 10.1 Å². The fourth-order valence-electron chi connectivity index (χ4n) is 2.62. The van der Waals surface area contributed by atoms with Crippen LogP contribution in [0, 0.1) is 11.7 Å². The zero-order chi connectivity index (χ0) is 13.7. The standard InChI is InChI=1S/C15H21BrFNO/c1-11-3-2-4-12(9-11)18-7-8-19-13-5-6-14(16)15(17)10-13/h5-6,10-12,18H,2-4,7-9H2,1H3. The number of hydrogen-bond donors (Lipinski definition) is 1. The first-order chi connectivity index (χ1) is 9.15. The van der Waals surface area contributed by atoms with Crippen molar-refractivity contribution in [3.63, 3.8) is 0 Å². The Kier molecular flexibility index (Phi) is 5.64. The topological polar surface area (TPSA) is 21.3 Å². The molecule has 2 unspecified atom stereocenters. The monoisotopic (exact) mass is 329 g/mol. The maximum absolute atomic E-state index is 13.3. The summed E-state index contributed by atoms with van der Waals surface area (Å²) in [5.41, 5.74) is 0. The minimum atomic E-state index is -0.286. The summed E-state index contributed by atoms with van der Waals surface area (Å²) in [6, 6.07) is 5.47. The molecule has 106 valence electrons. The Hall–Kier alpha value is -0.610. The molecule has 0 saturated heterocycles. The van der Waals surface area contributed by atoms with Crippen molar-refractivity contribution >= 4 is 15.9 Å². The molecule has 0 heterocycles. The molecule has 0 aromatic heterocycles. The number of rotatable bonds is 5. The summed E-state index contributed by atoms with van der Waals surface area (Å²) >= 11 is 3.13. The van der Waals surface area contributed by atoms with Gasteiger partial charge in [-0.15, -0.1) is 0 Å². The normalized spacial score (nSPS) is 23.3. The molecule has 1 aromatic rings. The highest BCUT2D eigenvalue weighted by Crippen LogP contribution is 2.23. The molecule has 1 aliphatic rings. The Morgan fingerprint density at radius 2 is 2.26 bits per heavy atom. The van der Waals surface area contributed by atoms with Crippen molar-refractivity contribution in [3.8, 4) is 5.75 Å². The lowest BCUT2D eigenvalue weighted by molar-refractivity contribution is 0.266. The number of hydrogen-bond acceptors (Lipinski definition) is 2. The first kappa shape index (κ1) is 14.8. The van der Waals surface area contributed by atoms with Crippen LogP contribution in [0.4, 0.5) is 4.39 Å². The van der Waals surface area contributed by atoms with Gasteiger partial charge in [0.25, 0.3) is 0 Å². The lowest BCUT2D eigenvalue weighted by Gasteiger charge is -2.27. The molecule has 1 aliphatic carbocycles. The van der Waals surface area contributed by atoms with Gasteiger partial charge in [0.15, 0.2) is 0 Å². The maximum Gasteiger partial charge on any atom is 0.141 e. The third-order valence-electron chi connectivity index (χ3n) is 3.63. The third-order valence-corrected chi connectivity index (χ3v) is 4.27. The van der Waals surface area contributed by atoms with Gasteiger partial charge >= 0.3 is 0 Å². The van der Waals surface area contributed by atoms with E-state index >= 15 is 0 Å². The highest BCUT2D eigenvalue weighted by molar-refractivity contribution is 9.10. The van der Waals surface area contributed by atoms with E-state index in [2.05, 4.69) is 28.2 Å². The molecule has 19 heavy (non-hydrogen) atoms. The van der Waals surface area contributed by atoms with Crippen LogP contribution in [0.1, 0.15) is 32.6 Å². The van der Waals surface area contributed by atoms with Crippen molar-refractivity contribution in [2.75, 3.05) is 13.2 Å². The SMILES string of the molecule is CC1CCCC(NCCOc2ccc(Br)c(F)c2)C1. The van der Waals surface area contributed by atoms with Crippen LogP contribution in [-0.4, -0.2) is 19.2 Å². The number of nitrogens with one attached hydrogen (secondary N) is 1. The molecule has 2 nitrogen and oxygen atoms in total. The Morgan fingerprint density at radius 1 is 1.42 bits per heavy atom. The number of benzene rings is 1. The molecule has 0 amide bonds. The van der Waals surface area contributed by atoms with E-state index in [4.69, 9.17) is 4.74 Å². The molecule has 0 radical (unpaired) electrons. The van der Waals surface area contributed by atoms with E-state index in [0.29, 0.717) is 22.9 Å². The largest absolute Gasteiger partial charge is 0.492 e. The van der Waals surface area contributed by atoms with Gasteiger partial charge in [-0.2, -0.15) is 0 Å². The van der Waals surface area contributed by atoms with Crippen LogP contribution in [0.25, 0.3) is 0 Å². The van der Waals surface area contributed by atoms with Gasteiger partial charge in [0.1, 0.15) is 18.2 Å². The lowest BCUT2D eigenvalue weighted by atomic mass is 9.87. The molecule has 1 fully saturated rings. The fourth-order valence-corrected chi connectivity index (χ4v) is 2.86. The van der Waals surface area contributed by atoms with E-state index in [9.17, 15) is 4.39 Å². The van der Waals surface area contributed by atoms with Crippen molar-refractivity contribution in [2.24, 2.45) is 5.92 Å². The molecule has 0 aliphatic heterocycles. The molecule has 1 N–H and O–H groups in total. The van der Waals surface area contributed by atoms with Gasteiger partial charge in [-0.1, -0.05) is 19.8 Å². The molecule has 2 rings (SSSR count). The first-order valence-electron chi connectivity index (χ1n) is 6.96. The van der Waals surface area contributed by atoms with Crippen molar-refractivity contribution < 1.29 is 9.13 Å². The second-order valence-corrected chi connectivity index (χ2v) is 6.20. The number of halogens is 2. The summed E-state index contributed by atoms with van der Waals surface area (Å²) in [6.45, 7) is 3.70. The van der Waals surface area contributed by atoms with Gasteiger partial charge in [0, 0.05) is 18.7 Å². The fraction of sp³-hybridized carbons (Fsp3) is 0.600. The predicted molar refractivity (Wildman–Crippen MR) is 79.0 cm³/mol. The predicted octanol–water partition coefficient (Wildman–Crippen LogP) is 4.14. The quantitative estimate of drug-likeness (QED) is 0.820. The molecule has 0 bridgehead atoms. The summed E-state index contributed by atoms with van der Waals surface area (Å²) in [6.07, 6.45) is 5.19. The highest BCUT2D eigenvalue weighted by Gasteiger charge is 2.17. The van der Waals surface area contributed by atoms with Crippen LogP contribution in [0.15, 0.2) is 22.7 Å². The van der Waals surface area contributed by atoms with Crippen LogP contribution in [0.2, 0.25) is 0 Å². The van der Waals surface area contributed by atoms with E-state index in [-0.39, 0.29) is 5.82 Å². The molecular weight excluding hydrogens is 309 g/mol. The minimum absolute atomic E-state index is 0.286. The van der Waals surface area contributed by atoms with Gasteiger partial charge in [0.2, 0.25) is 0 Å². The summed E-state index contributed by atoms with van der Waals surface area (Å²) in [4.78, 5) is 0. The van der Waals surface area contributed by atoms with Gasteiger partial charge in [-0.05, 0) is 46.8 Å². The maximum atomic E-state index is 13.3. The number of ether oxygens (including phenoxy) is 1. The Balaban J connectivity index is 1.67. The van der Waals surface area contributed by atoms with Crippen LogP contribution in [0.5, 0.6) is 5.75 Å². The minimum Gasteiger partial charge on any atom is -0.492 e. The summed E-state index contributed by atoms with van der Waals surface area (Å²) in [5.74, 6) is 1.12. The third kappa shape index (κ3) is 4.77. The van der Waals surface area contributed by atoms with E-state index in [0.717, 1.165) is 12.5 Å². The summed E-state index contributed by atoms with van der Waals surface area (Å²) in [5, 5.41) is 3.52. The average Bonchev–Trinajstić information content (AvgIpc) is 2.39. The Morgan fingerprint density at radius 3 is 3.00 bits per heavy atom. The van der Waals surface area contributed by atoms with Crippen molar-refractivity contribution in [2.45, 2.75) is 38.6 Å². The molecule has 4 heteroatoms. The van der Waals surface area contributed by atoms with Crippen molar-refractivity contribution in [1.82, 2.24) is 5.32 Å². The summed E-state index contributed by atoms with van der Waals surface area (Å²) in [7, 11) is 0. The highest BCUT2D eigenvalue weighted by atomic mass is 79.9. The van der Waals surface area contributed by atoms with Gasteiger partial charge in [-0.3, -0.25) is 0 Å².